The molecule has 1 N–H and O–H groups in total. The van der Waals surface area contributed by atoms with Crippen LogP contribution in [0.4, 0.5) is 4.39 Å². The van der Waals surface area contributed by atoms with E-state index in [2.05, 4.69) is 22.5 Å². The van der Waals surface area contributed by atoms with Gasteiger partial charge in [0.05, 0.1) is 0 Å². The highest BCUT2D eigenvalue weighted by Gasteiger charge is 2.12. The van der Waals surface area contributed by atoms with E-state index >= 15 is 0 Å². The zero-order valence-electron chi connectivity index (χ0n) is 7.67. The SMILES string of the molecule is C=C(Br)COc1cc(F)ccc1C(=O)O. The fourth-order valence-electron chi connectivity index (χ4n) is 0.948. The molecule has 0 aliphatic rings. The van der Waals surface area contributed by atoms with Gasteiger partial charge in [0.15, 0.2) is 0 Å². The number of rotatable bonds is 4. The fourth-order valence-corrected chi connectivity index (χ4v) is 1.06. The number of carbonyl (C=O) groups is 1. The quantitative estimate of drug-likeness (QED) is 0.919. The standard InChI is InChI=1S/C10H8BrFO3/c1-6(11)5-15-9-4-7(12)2-3-8(9)10(13)14/h2-4H,1,5H2,(H,13,14). The summed E-state index contributed by atoms with van der Waals surface area (Å²) in [5, 5.41) is 8.79. The molecule has 1 rings (SSSR count). The molecule has 0 aliphatic heterocycles. The van der Waals surface area contributed by atoms with Crippen molar-refractivity contribution in [2.45, 2.75) is 0 Å². The largest absolute Gasteiger partial charge is 0.487 e. The van der Waals surface area contributed by atoms with Gasteiger partial charge >= 0.3 is 5.97 Å². The smallest absolute Gasteiger partial charge is 0.339 e. The van der Waals surface area contributed by atoms with Crippen molar-refractivity contribution in [2.75, 3.05) is 6.61 Å². The van der Waals surface area contributed by atoms with Crippen molar-refractivity contribution in [3.05, 3.63) is 40.6 Å². The van der Waals surface area contributed by atoms with Gasteiger partial charge in [-0.15, -0.1) is 0 Å². The second kappa shape index (κ2) is 4.93. The molecule has 0 radical (unpaired) electrons. The summed E-state index contributed by atoms with van der Waals surface area (Å²) in [6, 6.07) is 3.25. The van der Waals surface area contributed by atoms with Gasteiger partial charge in [0.25, 0.3) is 0 Å². The number of hydrogen-bond acceptors (Lipinski definition) is 2. The highest BCUT2D eigenvalue weighted by Crippen LogP contribution is 2.21. The molecular weight excluding hydrogens is 267 g/mol. The number of carboxylic acids is 1. The first-order valence-corrected chi connectivity index (χ1v) is 4.79. The Balaban J connectivity index is 2.96. The Labute approximate surface area is 94.3 Å². The molecule has 0 saturated heterocycles. The Morgan fingerprint density at radius 3 is 2.80 bits per heavy atom. The molecule has 3 nitrogen and oxygen atoms in total. The number of aromatic carboxylic acids is 1. The first kappa shape index (κ1) is 11.7. The van der Waals surface area contributed by atoms with Crippen molar-refractivity contribution < 1.29 is 19.0 Å². The molecule has 0 atom stereocenters. The van der Waals surface area contributed by atoms with Crippen LogP contribution in [-0.2, 0) is 0 Å². The van der Waals surface area contributed by atoms with Crippen LogP contribution < -0.4 is 4.74 Å². The maximum absolute atomic E-state index is 12.8. The summed E-state index contributed by atoms with van der Waals surface area (Å²) in [7, 11) is 0. The van der Waals surface area contributed by atoms with E-state index in [1.165, 1.54) is 0 Å². The van der Waals surface area contributed by atoms with Crippen LogP contribution >= 0.6 is 15.9 Å². The van der Waals surface area contributed by atoms with Crippen LogP contribution in [0.5, 0.6) is 5.75 Å². The summed E-state index contributed by atoms with van der Waals surface area (Å²) in [6.45, 7) is 3.60. The number of halogens is 2. The molecule has 80 valence electrons. The second-order valence-corrected chi connectivity index (χ2v) is 3.87. The minimum Gasteiger partial charge on any atom is -0.487 e. The number of hydrogen-bond donors (Lipinski definition) is 1. The third-order valence-electron chi connectivity index (χ3n) is 1.56. The van der Waals surface area contributed by atoms with Crippen LogP contribution in [0.15, 0.2) is 29.3 Å². The summed E-state index contributed by atoms with van der Waals surface area (Å²) in [6.07, 6.45) is 0. The normalized spacial score (nSPS) is 9.73. The van der Waals surface area contributed by atoms with Crippen molar-refractivity contribution in [3.8, 4) is 5.75 Å². The van der Waals surface area contributed by atoms with Gasteiger partial charge in [0, 0.05) is 10.5 Å². The van der Waals surface area contributed by atoms with Crippen LogP contribution in [0.1, 0.15) is 10.4 Å². The molecule has 15 heavy (non-hydrogen) atoms. The average molecular weight is 275 g/mol. The zero-order valence-corrected chi connectivity index (χ0v) is 9.25. The third kappa shape index (κ3) is 3.36. The molecule has 1 aromatic carbocycles. The minimum absolute atomic E-state index is 0.0110. The lowest BCUT2D eigenvalue weighted by atomic mass is 10.2. The lowest BCUT2D eigenvalue weighted by molar-refractivity contribution is 0.0692. The van der Waals surface area contributed by atoms with E-state index in [-0.39, 0.29) is 17.9 Å². The van der Waals surface area contributed by atoms with E-state index in [9.17, 15) is 9.18 Å². The Morgan fingerprint density at radius 1 is 1.60 bits per heavy atom. The minimum atomic E-state index is -1.16. The molecule has 5 heteroatoms. The predicted molar refractivity (Wildman–Crippen MR) is 56.9 cm³/mol. The van der Waals surface area contributed by atoms with Crippen molar-refractivity contribution >= 4 is 21.9 Å². The predicted octanol–water partition coefficient (Wildman–Crippen LogP) is 2.81. The average Bonchev–Trinajstić information content (AvgIpc) is 2.14. The van der Waals surface area contributed by atoms with Gasteiger partial charge in [-0.2, -0.15) is 0 Å². The highest BCUT2D eigenvalue weighted by molar-refractivity contribution is 9.11. The first-order chi connectivity index (χ1) is 7.00. The maximum atomic E-state index is 12.8. The van der Waals surface area contributed by atoms with E-state index in [1.54, 1.807) is 0 Å². The Kier molecular flexibility index (Phi) is 3.85. The molecule has 0 unspecified atom stereocenters. The maximum Gasteiger partial charge on any atom is 0.339 e. The van der Waals surface area contributed by atoms with Gasteiger partial charge in [0.2, 0.25) is 0 Å². The summed E-state index contributed by atoms with van der Waals surface area (Å²) in [5.74, 6) is -1.72. The third-order valence-corrected chi connectivity index (χ3v) is 1.79. The summed E-state index contributed by atoms with van der Waals surface area (Å²) < 4.78 is 18.4. The van der Waals surface area contributed by atoms with Crippen molar-refractivity contribution in [1.29, 1.82) is 0 Å². The molecule has 0 spiro atoms. The van der Waals surface area contributed by atoms with E-state index in [1.807, 2.05) is 0 Å². The summed E-state index contributed by atoms with van der Waals surface area (Å²) in [4.78, 5) is 10.7. The molecule has 1 aromatic rings. The molecule has 0 fully saturated rings. The van der Waals surface area contributed by atoms with Gasteiger partial charge in [-0.05, 0) is 12.1 Å². The Hall–Kier alpha value is -1.36. The van der Waals surface area contributed by atoms with Crippen LogP contribution in [0, 0.1) is 5.82 Å². The lowest BCUT2D eigenvalue weighted by Crippen LogP contribution is -2.04. The van der Waals surface area contributed by atoms with Crippen LogP contribution in [0.3, 0.4) is 0 Å². The molecule has 0 aliphatic carbocycles. The van der Waals surface area contributed by atoms with Gasteiger partial charge in [-0.1, -0.05) is 22.5 Å². The summed E-state index contributed by atoms with van der Waals surface area (Å²) >= 11 is 3.05. The van der Waals surface area contributed by atoms with Crippen molar-refractivity contribution in [3.63, 3.8) is 0 Å². The number of benzene rings is 1. The lowest BCUT2D eigenvalue weighted by Gasteiger charge is -2.08. The van der Waals surface area contributed by atoms with Crippen molar-refractivity contribution in [2.24, 2.45) is 0 Å². The zero-order chi connectivity index (χ0) is 11.4. The highest BCUT2D eigenvalue weighted by atomic mass is 79.9. The first-order valence-electron chi connectivity index (χ1n) is 3.99. The van der Waals surface area contributed by atoms with Crippen LogP contribution in [-0.4, -0.2) is 17.7 Å². The van der Waals surface area contributed by atoms with Crippen LogP contribution in [0.2, 0.25) is 0 Å². The Morgan fingerprint density at radius 2 is 2.27 bits per heavy atom. The molecule has 0 saturated carbocycles. The van der Waals surface area contributed by atoms with Gasteiger partial charge in [-0.3, -0.25) is 0 Å². The number of carboxylic acid groups (broad SMARTS) is 1. The fraction of sp³-hybridized carbons (Fsp3) is 0.100. The molecule has 0 amide bonds. The van der Waals surface area contributed by atoms with Gasteiger partial charge in [-0.25, -0.2) is 9.18 Å². The molecule has 0 aromatic heterocycles. The van der Waals surface area contributed by atoms with E-state index in [0.717, 1.165) is 18.2 Å². The monoisotopic (exact) mass is 274 g/mol. The van der Waals surface area contributed by atoms with E-state index < -0.39 is 11.8 Å². The summed E-state index contributed by atoms with van der Waals surface area (Å²) in [5.41, 5.74) is -0.0786. The molecular formula is C10H8BrFO3. The molecule has 0 bridgehead atoms. The van der Waals surface area contributed by atoms with Gasteiger partial charge in [0.1, 0.15) is 23.7 Å². The van der Waals surface area contributed by atoms with Gasteiger partial charge < -0.3 is 9.84 Å². The van der Waals surface area contributed by atoms with Crippen LogP contribution in [0.25, 0.3) is 0 Å². The topological polar surface area (TPSA) is 46.5 Å². The second-order valence-electron chi connectivity index (χ2n) is 2.75. The molecule has 0 heterocycles. The van der Waals surface area contributed by atoms with Crippen molar-refractivity contribution in [1.82, 2.24) is 0 Å². The number of ether oxygens (including phenoxy) is 1. The van der Waals surface area contributed by atoms with E-state index in [0.29, 0.717) is 4.48 Å². The van der Waals surface area contributed by atoms with E-state index in [4.69, 9.17) is 9.84 Å². The Bertz CT molecular complexity index is 404.